The monoisotopic (exact) mass is 239 g/mol. The van der Waals surface area contributed by atoms with Crippen LogP contribution in [0.1, 0.15) is 31.1 Å². The van der Waals surface area contributed by atoms with Crippen LogP contribution in [0.3, 0.4) is 0 Å². The van der Waals surface area contributed by atoms with Crippen LogP contribution in [-0.2, 0) is 9.57 Å². The fourth-order valence-electron chi connectivity index (χ4n) is 0.850. The molecule has 0 saturated carbocycles. The summed E-state index contributed by atoms with van der Waals surface area (Å²) in [5.74, 6) is -0.767. The summed E-state index contributed by atoms with van der Waals surface area (Å²) in [6, 6.07) is 0. The molecule has 0 aliphatic carbocycles. The Balaban J connectivity index is 2.42. The maximum absolute atomic E-state index is 11.3. The van der Waals surface area contributed by atoms with E-state index in [4.69, 9.17) is 4.74 Å². The van der Waals surface area contributed by atoms with E-state index in [9.17, 15) is 9.59 Å². The Morgan fingerprint density at radius 2 is 1.82 bits per heavy atom. The van der Waals surface area contributed by atoms with Gasteiger partial charge in [-0.1, -0.05) is 0 Å². The van der Waals surface area contributed by atoms with Crippen molar-refractivity contribution < 1.29 is 19.2 Å². The minimum atomic E-state index is -0.845. The molecule has 1 amide bonds. The molecule has 0 saturated heterocycles. The smallest absolute Gasteiger partial charge is 0.441 e. The number of aromatic nitrogens is 2. The van der Waals surface area contributed by atoms with E-state index < -0.39 is 17.7 Å². The number of hydrogen-bond donors (Lipinski definition) is 1. The lowest BCUT2D eigenvalue weighted by atomic mass is 10.2. The van der Waals surface area contributed by atoms with E-state index in [0.29, 0.717) is 0 Å². The van der Waals surface area contributed by atoms with Gasteiger partial charge in [0.25, 0.3) is 0 Å². The third-order valence-corrected chi connectivity index (χ3v) is 1.42. The van der Waals surface area contributed by atoms with Gasteiger partial charge in [0, 0.05) is 12.4 Å². The summed E-state index contributed by atoms with van der Waals surface area (Å²) >= 11 is 0. The molecule has 7 nitrogen and oxygen atoms in total. The van der Waals surface area contributed by atoms with Gasteiger partial charge in [-0.05, 0) is 20.8 Å². The van der Waals surface area contributed by atoms with Crippen LogP contribution in [0, 0.1) is 0 Å². The molecule has 1 N–H and O–H groups in total. The number of nitrogens with one attached hydrogen (secondary N) is 1. The van der Waals surface area contributed by atoms with Crippen molar-refractivity contribution >= 4 is 12.1 Å². The van der Waals surface area contributed by atoms with Crippen LogP contribution in [0.4, 0.5) is 4.79 Å². The Kier molecular flexibility index (Phi) is 3.97. The number of ether oxygens (including phenoxy) is 1. The number of hydrogen-bond acceptors (Lipinski definition) is 6. The lowest BCUT2D eigenvalue weighted by Gasteiger charge is -2.19. The number of amides is 1. The number of carbonyl (C=O) groups excluding carboxylic acids is 2. The lowest BCUT2D eigenvalue weighted by Crippen LogP contribution is -2.34. The highest BCUT2D eigenvalue weighted by Gasteiger charge is 2.17. The van der Waals surface area contributed by atoms with Gasteiger partial charge in [0.05, 0.1) is 5.56 Å². The minimum Gasteiger partial charge on any atom is -0.442 e. The highest BCUT2D eigenvalue weighted by atomic mass is 16.7. The zero-order chi connectivity index (χ0) is 12.9. The second kappa shape index (κ2) is 5.24. The number of rotatable bonds is 1. The first-order valence-corrected chi connectivity index (χ1v) is 4.83. The molecule has 0 aliphatic heterocycles. The third-order valence-electron chi connectivity index (χ3n) is 1.42. The predicted molar refractivity (Wildman–Crippen MR) is 56.8 cm³/mol. The molecule has 7 heteroatoms. The fourth-order valence-corrected chi connectivity index (χ4v) is 0.850. The van der Waals surface area contributed by atoms with Crippen molar-refractivity contribution in [2.45, 2.75) is 26.4 Å². The molecule has 1 heterocycles. The average molecular weight is 239 g/mol. The van der Waals surface area contributed by atoms with Crippen molar-refractivity contribution in [1.29, 1.82) is 0 Å². The number of hydroxylamine groups is 1. The standard InChI is InChI=1S/C10H13N3O4/c1-10(2,3)16-9(15)13-17-8(14)7-4-11-6-12-5-7/h4-6H,1-3H3,(H,13,15). The highest BCUT2D eigenvalue weighted by Crippen LogP contribution is 2.06. The van der Waals surface area contributed by atoms with E-state index in [0.717, 1.165) is 0 Å². The van der Waals surface area contributed by atoms with Crippen LogP contribution in [0.25, 0.3) is 0 Å². The van der Waals surface area contributed by atoms with E-state index in [2.05, 4.69) is 14.8 Å². The minimum absolute atomic E-state index is 0.128. The molecule has 0 fully saturated rings. The molecule has 0 bridgehead atoms. The summed E-state index contributed by atoms with van der Waals surface area (Å²) in [5, 5.41) is 0. The van der Waals surface area contributed by atoms with Gasteiger partial charge >= 0.3 is 12.1 Å². The summed E-state index contributed by atoms with van der Waals surface area (Å²) in [6.45, 7) is 5.08. The largest absolute Gasteiger partial charge is 0.442 e. The number of nitrogens with zero attached hydrogens (tertiary/aromatic N) is 2. The quantitative estimate of drug-likeness (QED) is 0.737. The summed E-state index contributed by atoms with van der Waals surface area (Å²) in [5.41, 5.74) is 1.34. The Bertz CT molecular complexity index is 400. The first-order valence-electron chi connectivity index (χ1n) is 4.83. The van der Waals surface area contributed by atoms with Gasteiger partial charge in [-0.3, -0.25) is 0 Å². The summed E-state index contributed by atoms with van der Waals surface area (Å²) in [4.78, 5) is 34.3. The molecule has 1 aromatic rings. The van der Waals surface area contributed by atoms with Crippen molar-refractivity contribution in [2.24, 2.45) is 0 Å². The van der Waals surface area contributed by atoms with Crippen LogP contribution in [0.2, 0.25) is 0 Å². The number of carbonyl (C=O) groups is 2. The highest BCUT2D eigenvalue weighted by molar-refractivity contribution is 5.89. The van der Waals surface area contributed by atoms with Crippen LogP contribution in [0.5, 0.6) is 0 Å². The van der Waals surface area contributed by atoms with Crippen LogP contribution < -0.4 is 5.48 Å². The Labute approximate surface area is 98.1 Å². The molecule has 0 radical (unpaired) electrons. The summed E-state index contributed by atoms with van der Waals surface area (Å²) < 4.78 is 4.87. The molecular formula is C10H13N3O4. The normalized spacial score (nSPS) is 10.5. The zero-order valence-electron chi connectivity index (χ0n) is 9.76. The van der Waals surface area contributed by atoms with Gasteiger partial charge in [-0.25, -0.2) is 19.6 Å². The molecule has 1 rings (SSSR count). The molecule has 17 heavy (non-hydrogen) atoms. The van der Waals surface area contributed by atoms with Gasteiger partial charge in [0.1, 0.15) is 11.9 Å². The molecule has 0 aliphatic rings. The van der Waals surface area contributed by atoms with Gasteiger partial charge in [-0.15, -0.1) is 5.48 Å². The van der Waals surface area contributed by atoms with Crippen molar-refractivity contribution in [2.75, 3.05) is 0 Å². The predicted octanol–water partition coefficient (Wildman–Crippen LogP) is 1.07. The van der Waals surface area contributed by atoms with Gasteiger partial charge in [0.2, 0.25) is 0 Å². The maximum atomic E-state index is 11.3. The van der Waals surface area contributed by atoms with E-state index in [1.54, 1.807) is 20.8 Å². The molecule has 0 atom stereocenters. The first-order chi connectivity index (χ1) is 7.88. The van der Waals surface area contributed by atoms with Crippen molar-refractivity contribution in [1.82, 2.24) is 15.4 Å². The van der Waals surface area contributed by atoms with Crippen molar-refractivity contribution in [3.8, 4) is 0 Å². The van der Waals surface area contributed by atoms with E-state index in [1.807, 2.05) is 5.48 Å². The third kappa shape index (κ3) is 4.92. The Morgan fingerprint density at radius 3 is 2.35 bits per heavy atom. The Morgan fingerprint density at radius 1 is 1.24 bits per heavy atom. The van der Waals surface area contributed by atoms with Crippen LogP contribution in [-0.4, -0.2) is 27.6 Å². The molecule has 92 valence electrons. The average Bonchev–Trinajstić information content (AvgIpc) is 2.25. The molecule has 0 spiro atoms. The first kappa shape index (κ1) is 12.9. The maximum Gasteiger partial charge on any atom is 0.441 e. The van der Waals surface area contributed by atoms with Gasteiger partial charge < -0.3 is 9.57 Å². The molecule has 1 aromatic heterocycles. The molecular weight excluding hydrogens is 226 g/mol. The molecule has 0 aromatic carbocycles. The van der Waals surface area contributed by atoms with Crippen molar-refractivity contribution in [3.63, 3.8) is 0 Å². The SMILES string of the molecule is CC(C)(C)OC(=O)NOC(=O)c1cncnc1. The summed E-state index contributed by atoms with van der Waals surface area (Å²) in [7, 11) is 0. The molecule has 0 unspecified atom stereocenters. The topological polar surface area (TPSA) is 90.4 Å². The van der Waals surface area contributed by atoms with E-state index in [-0.39, 0.29) is 5.56 Å². The van der Waals surface area contributed by atoms with Crippen LogP contribution >= 0.6 is 0 Å². The second-order valence-electron chi connectivity index (χ2n) is 4.12. The Hall–Kier alpha value is -2.18. The van der Waals surface area contributed by atoms with E-state index in [1.165, 1.54) is 18.7 Å². The van der Waals surface area contributed by atoms with Gasteiger partial charge in [-0.2, -0.15) is 0 Å². The second-order valence-corrected chi connectivity index (χ2v) is 4.12. The fraction of sp³-hybridized carbons (Fsp3) is 0.400. The van der Waals surface area contributed by atoms with Crippen LogP contribution in [0.15, 0.2) is 18.7 Å². The van der Waals surface area contributed by atoms with Crippen molar-refractivity contribution in [3.05, 3.63) is 24.3 Å². The lowest BCUT2D eigenvalue weighted by molar-refractivity contribution is -0.00135. The zero-order valence-corrected chi connectivity index (χ0v) is 9.76. The summed E-state index contributed by atoms with van der Waals surface area (Å²) in [6.07, 6.45) is 2.97. The van der Waals surface area contributed by atoms with E-state index >= 15 is 0 Å². The van der Waals surface area contributed by atoms with Gasteiger partial charge in [0.15, 0.2) is 0 Å².